The predicted octanol–water partition coefficient (Wildman–Crippen LogP) is 2.38. The van der Waals surface area contributed by atoms with Gasteiger partial charge in [-0.25, -0.2) is 0 Å². The summed E-state index contributed by atoms with van der Waals surface area (Å²) in [5, 5.41) is 0. The summed E-state index contributed by atoms with van der Waals surface area (Å²) in [7, 11) is 1.72. The number of pyridine rings is 1. The van der Waals surface area contributed by atoms with E-state index < -0.39 is 0 Å². The molecule has 2 aromatic rings. The summed E-state index contributed by atoms with van der Waals surface area (Å²) in [5.41, 5.74) is 1.36. The van der Waals surface area contributed by atoms with E-state index in [9.17, 15) is 4.79 Å². The molecule has 0 aliphatic rings. The molecule has 0 fully saturated rings. The van der Waals surface area contributed by atoms with E-state index >= 15 is 0 Å². The second kappa shape index (κ2) is 5.81. The van der Waals surface area contributed by atoms with Crippen LogP contribution in [0.4, 0.5) is 0 Å². The standard InChI is InChI=1S/C7H8.C6H7NO/c1-7-5-3-2-4-6-7;1-7-5-3-2-4-6(7)8/h2-6H,1H3;2-5H,1H3. The Hall–Kier alpha value is -1.83. The molecule has 2 nitrogen and oxygen atoms in total. The van der Waals surface area contributed by atoms with Gasteiger partial charge in [0.1, 0.15) is 0 Å². The van der Waals surface area contributed by atoms with Crippen LogP contribution in [0.3, 0.4) is 0 Å². The summed E-state index contributed by atoms with van der Waals surface area (Å²) in [6.07, 6.45) is 1.72. The molecule has 0 saturated heterocycles. The Balaban J connectivity index is 0.000000151. The number of nitrogens with zero attached hydrogens (tertiary/aromatic N) is 1. The minimum atomic E-state index is 0.0347. The first-order chi connectivity index (χ1) is 7.20. The highest BCUT2D eigenvalue weighted by atomic mass is 16.1. The maximum atomic E-state index is 10.6. The van der Waals surface area contributed by atoms with Crippen molar-refractivity contribution >= 4 is 0 Å². The zero-order valence-corrected chi connectivity index (χ0v) is 9.05. The van der Waals surface area contributed by atoms with Crippen LogP contribution < -0.4 is 5.56 Å². The highest BCUT2D eigenvalue weighted by Gasteiger charge is 1.79. The lowest BCUT2D eigenvalue weighted by Crippen LogP contribution is -2.12. The zero-order valence-electron chi connectivity index (χ0n) is 9.05. The van der Waals surface area contributed by atoms with E-state index in [0.29, 0.717) is 0 Å². The molecule has 2 rings (SSSR count). The molecule has 2 heteroatoms. The second-order valence-corrected chi connectivity index (χ2v) is 3.30. The van der Waals surface area contributed by atoms with Gasteiger partial charge >= 0.3 is 0 Å². The molecule has 1 heterocycles. The van der Waals surface area contributed by atoms with Gasteiger partial charge in [-0.1, -0.05) is 42.0 Å². The number of aryl methyl sites for hydroxylation is 2. The molecule has 15 heavy (non-hydrogen) atoms. The fourth-order valence-electron chi connectivity index (χ4n) is 1.04. The van der Waals surface area contributed by atoms with Gasteiger partial charge in [0, 0.05) is 19.3 Å². The molecule has 0 bridgehead atoms. The van der Waals surface area contributed by atoms with Gasteiger partial charge in [0.25, 0.3) is 0 Å². The smallest absolute Gasteiger partial charge is 0.250 e. The molecule has 78 valence electrons. The van der Waals surface area contributed by atoms with E-state index in [1.165, 1.54) is 16.2 Å². The summed E-state index contributed by atoms with van der Waals surface area (Å²) in [6, 6.07) is 15.3. The second-order valence-electron chi connectivity index (χ2n) is 3.30. The van der Waals surface area contributed by atoms with Crippen molar-refractivity contribution < 1.29 is 0 Å². The number of rotatable bonds is 0. The Morgan fingerprint density at radius 3 is 1.87 bits per heavy atom. The molecule has 0 aliphatic heterocycles. The van der Waals surface area contributed by atoms with E-state index in [2.05, 4.69) is 19.1 Å². The fourth-order valence-corrected chi connectivity index (χ4v) is 1.04. The minimum absolute atomic E-state index is 0.0347. The van der Waals surface area contributed by atoms with Crippen LogP contribution in [0, 0.1) is 6.92 Å². The summed E-state index contributed by atoms with van der Waals surface area (Å²) in [5.74, 6) is 0. The molecular weight excluding hydrogens is 186 g/mol. The molecule has 0 atom stereocenters. The number of hydrogen-bond acceptors (Lipinski definition) is 1. The van der Waals surface area contributed by atoms with E-state index in [1.54, 1.807) is 19.3 Å². The van der Waals surface area contributed by atoms with E-state index in [1.807, 2.05) is 24.3 Å². The van der Waals surface area contributed by atoms with Crippen LogP contribution in [-0.4, -0.2) is 4.57 Å². The van der Waals surface area contributed by atoms with Crippen LogP contribution in [0.2, 0.25) is 0 Å². The number of benzene rings is 1. The van der Waals surface area contributed by atoms with Gasteiger partial charge < -0.3 is 4.57 Å². The van der Waals surface area contributed by atoms with Crippen molar-refractivity contribution in [1.82, 2.24) is 4.57 Å². The third-order valence-corrected chi connectivity index (χ3v) is 1.95. The van der Waals surface area contributed by atoms with Gasteiger partial charge in [0.15, 0.2) is 0 Å². The largest absolute Gasteiger partial charge is 0.319 e. The van der Waals surface area contributed by atoms with Gasteiger partial charge in [-0.05, 0) is 13.0 Å². The molecule has 0 radical (unpaired) electrons. The third-order valence-electron chi connectivity index (χ3n) is 1.95. The lowest BCUT2D eigenvalue weighted by molar-refractivity contribution is 0.860. The topological polar surface area (TPSA) is 22.0 Å². The van der Waals surface area contributed by atoms with Gasteiger partial charge in [0.05, 0.1) is 0 Å². The molecular formula is C13H15NO. The summed E-state index contributed by atoms with van der Waals surface area (Å²) in [4.78, 5) is 10.6. The van der Waals surface area contributed by atoms with Crippen molar-refractivity contribution in [2.45, 2.75) is 6.92 Å². The Morgan fingerprint density at radius 2 is 1.53 bits per heavy atom. The van der Waals surface area contributed by atoms with Crippen molar-refractivity contribution in [1.29, 1.82) is 0 Å². The summed E-state index contributed by atoms with van der Waals surface area (Å²) >= 11 is 0. The average Bonchev–Trinajstić information content (AvgIpc) is 2.25. The van der Waals surface area contributed by atoms with Crippen LogP contribution in [0.25, 0.3) is 0 Å². The monoisotopic (exact) mass is 201 g/mol. The van der Waals surface area contributed by atoms with Crippen LogP contribution in [0.1, 0.15) is 5.56 Å². The van der Waals surface area contributed by atoms with Gasteiger partial charge in [-0.2, -0.15) is 0 Å². The van der Waals surface area contributed by atoms with Crippen LogP contribution in [0.15, 0.2) is 59.5 Å². The van der Waals surface area contributed by atoms with E-state index in [-0.39, 0.29) is 5.56 Å². The van der Waals surface area contributed by atoms with Gasteiger partial charge in [0.2, 0.25) is 5.56 Å². The first-order valence-corrected chi connectivity index (χ1v) is 4.83. The lowest BCUT2D eigenvalue weighted by atomic mass is 10.2. The van der Waals surface area contributed by atoms with Crippen LogP contribution >= 0.6 is 0 Å². The Labute approximate surface area is 89.8 Å². The molecule has 1 aromatic heterocycles. The molecule has 0 amide bonds. The van der Waals surface area contributed by atoms with Crippen molar-refractivity contribution in [2.75, 3.05) is 0 Å². The normalized spacial score (nSPS) is 8.93. The van der Waals surface area contributed by atoms with Crippen LogP contribution in [-0.2, 0) is 7.05 Å². The summed E-state index contributed by atoms with van der Waals surface area (Å²) < 4.78 is 1.53. The highest BCUT2D eigenvalue weighted by molar-refractivity contribution is 5.11. The average molecular weight is 201 g/mol. The molecule has 0 unspecified atom stereocenters. The Morgan fingerprint density at radius 1 is 0.933 bits per heavy atom. The molecule has 0 spiro atoms. The van der Waals surface area contributed by atoms with Crippen molar-refractivity contribution in [2.24, 2.45) is 7.05 Å². The highest BCUT2D eigenvalue weighted by Crippen LogP contribution is 1.92. The van der Waals surface area contributed by atoms with Crippen molar-refractivity contribution in [3.63, 3.8) is 0 Å². The van der Waals surface area contributed by atoms with E-state index in [0.717, 1.165) is 0 Å². The number of aromatic nitrogens is 1. The van der Waals surface area contributed by atoms with Crippen molar-refractivity contribution in [3.05, 3.63) is 70.6 Å². The molecule has 1 aromatic carbocycles. The maximum Gasteiger partial charge on any atom is 0.250 e. The minimum Gasteiger partial charge on any atom is -0.319 e. The third kappa shape index (κ3) is 4.27. The Bertz CT molecular complexity index is 445. The Kier molecular flexibility index (Phi) is 4.35. The first-order valence-electron chi connectivity index (χ1n) is 4.83. The lowest BCUT2D eigenvalue weighted by Gasteiger charge is -1.89. The molecule has 0 aliphatic carbocycles. The molecule has 0 N–H and O–H groups in total. The molecule has 0 saturated carbocycles. The zero-order chi connectivity index (χ0) is 11.1. The summed E-state index contributed by atoms with van der Waals surface area (Å²) in [6.45, 7) is 2.08. The van der Waals surface area contributed by atoms with Gasteiger partial charge in [-0.3, -0.25) is 4.79 Å². The predicted molar refractivity (Wildman–Crippen MR) is 62.9 cm³/mol. The van der Waals surface area contributed by atoms with Crippen LogP contribution in [0.5, 0.6) is 0 Å². The van der Waals surface area contributed by atoms with E-state index in [4.69, 9.17) is 0 Å². The fraction of sp³-hybridized carbons (Fsp3) is 0.154. The maximum absolute atomic E-state index is 10.6. The number of hydrogen-bond donors (Lipinski definition) is 0. The van der Waals surface area contributed by atoms with Crippen molar-refractivity contribution in [3.8, 4) is 0 Å². The quantitative estimate of drug-likeness (QED) is 0.641. The first kappa shape index (κ1) is 11.2. The SMILES string of the molecule is Cc1ccccc1.Cn1ccccc1=O. The van der Waals surface area contributed by atoms with Gasteiger partial charge in [-0.15, -0.1) is 0 Å².